The van der Waals surface area contributed by atoms with Crippen LogP contribution in [0.1, 0.15) is 49.3 Å². The van der Waals surface area contributed by atoms with Crippen LogP contribution in [0.25, 0.3) is 0 Å². The molecule has 2 aliphatic rings. The third kappa shape index (κ3) is 4.11. The summed E-state index contributed by atoms with van der Waals surface area (Å²) in [7, 11) is 0. The van der Waals surface area contributed by atoms with Crippen LogP contribution in [0.5, 0.6) is 5.75 Å². The Hall–Kier alpha value is -1.84. The highest BCUT2D eigenvalue weighted by Crippen LogP contribution is 2.47. The summed E-state index contributed by atoms with van der Waals surface area (Å²) < 4.78 is 6.08. The second-order valence-electron chi connectivity index (χ2n) is 8.70. The first-order chi connectivity index (χ1) is 13.7. The number of nitrogens with one attached hydrogen (secondary N) is 1. The molecule has 150 valence electrons. The van der Waals surface area contributed by atoms with E-state index in [4.69, 9.17) is 10.5 Å². The van der Waals surface area contributed by atoms with Crippen molar-refractivity contribution in [2.75, 3.05) is 13.1 Å². The zero-order valence-electron chi connectivity index (χ0n) is 17.1. The summed E-state index contributed by atoms with van der Waals surface area (Å²) in [5, 5.41) is 3.56. The molecule has 0 amide bonds. The van der Waals surface area contributed by atoms with E-state index in [1.165, 1.54) is 36.0 Å². The molecular formula is C25H34N2O. The number of benzene rings is 2. The molecule has 0 saturated heterocycles. The van der Waals surface area contributed by atoms with Gasteiger partial charge in [-0.2, -0.15) is 0 Å². The Bertz CT molecular complexity index is 775. The first kappa shape index (κ1) is 19.5. The molecule has 3 N–H and O–H groups in total. The van der Waals surface area contributed by atoms with E-state index in [1.807, 2.05) is 6.07 Å². The van der Waals surface area contributed by atoms with Crippen LogP contribution in [-0.2, 0) is 19.4 Å². The van der Waals surface area contributed by atoms with Gasteiger partial charge in [0, 0.05) is 5.54 Å². The lowest BCUT2D eigenvalue weighted by Crippen LogP contribution is -2.51. The van der Waals surface area contributed by atoms with Crippen LogP contribution in [0, 0.1) is 11.8 Å². The molecule has 0 spiro atoms. The molecule has 3 nitrogen and oxygen atoms in total. The minimum atomic E-state index is -0.0230. The Kier molecular flexibility index (Phi) is 6.03. The van der Waals surface area contributed by atoms with Gasteiger partial charge in [-0.25, -0.2) is 0 Å². The zero-order valence-corrected chi connectivity index (χ0v) is 17.1. The van der Waals surface area contributed by atoms with Crippen molar-refractivity contribution in [2.45, 2.75) is 57.6 Å². The van der Waals surface area contributed by atoms with Gasteiger partial charge in [0.2, 0.25) is 0 Å². The maximum absolute atomic E-state index is 7.07. The normalized spacial score (nSPS) is 25.9. The van der Waals surface area contributed by atoms with E-state index in [0.717, 1.165) is 38.1 Å². The highest BCUT2D eigenvalue weighted by atomic mass is 16.5. The molecule has 28 heavy (non-hydrogen) atoms. The first-order valence-corrected chi connectivity index (χ1v) is 11.0. The minimum Gasteiger partial charge on any atom is -0.489 e. The van der Waals surface area contributed by atoms with Crippen LogP contribution < -0.4 is 15.8 Å². The van der Waals surface area contributed by atoms with Crippen LogP contribution in [0.2, 0.25) is 0 Å². The van der Waals surface area contributed by atoms with E-state index in [-0.39, 0.29) is 5.54 Å². The summed E-state index contributed by atoms with van der Waals surface area (Å²) in [6.45, 7) is 4.97. The number of ether oxygens (including phenoxy) is 1. The smallest absolute Gasteiger partial charge is 0.120 e. The predicted molar refractivity (Wildman–Crippen MR) is 116 cm³/mol. The van der Waals surface area contributed by atoms with Crippen molar-refractivity contribution < 1.29 is 4.74 Å². The van der Waals surface area contributed by atoms with Crippen LogP contribution in [-0.4, -0.2) is 18.6 Å². The molecule has 1 saturated carbocycles. The van der Waals surface area contributed by atoms with Crippen molar-refractivity contribution in [1.29, 1.82) is 0 Å². The van der Waals surface area contributed by atoms with E-state index < -0.39 is 0 Å². The lowest BCUT2D eigenvalue weighted by Gasteiger charge is -2.35. The van der Waals surface area contributed by atoms with Gasteiger partial charge in [-0.15, -0.1) is 0 Å². The van der Waals surface area contributed by atoms with Gasteiger partial charge in [-0.3, -0.25) is 0 Å². The van der Waals surface area contributed by atoms with Gasteiger partial charge in [0.25, 0.3) is 0 Å². The quantitative estimate of drug-likeness (QED) is 0.666. The number of fused-ring (bicyclic) bond motifs is 3. The standard InChI is InChI=1S/C25H34N2O/c1-2-13-27-14-12-25(26)22-9-10-23(25)16-21-17-24(11-8-20(21)15-22)28-18-19-6-4-3-5-7-19/h3-8,11,17,22-23,27H,2,9-10,12-16,18,26H2,1H3. The maximum atomic E-state index is 7.07. The average molecular weight is 379 g/mol. The zero-order chi connectivity index (χ0) is 19.4. The molecule has 2 aromatic carbocycles. The van der Waals surface area contributed by atoms with E-state index in [2.05, 4.69) is 54.7 Å². The Labute approximate surface area is 169 Å². The fraction of sp³-hybridized carbons (Fsp3) is 0.520. The van der Waals surface area contributed by atoms with Crippen LogP contribution in [0.3, 0.4) is 0 Å². The highest BCUT2D eigenvalue weighted by Gasteiger charge is 2.48. The third-order valence-corrected chi connectivity index (χ3v) is 6.90. The highest BCUT2D eigenvalue weighted by molar-refractivity contribution is 5.39. The third-order valence-electron chi connectivity index (χ3n) is 6.90. The SMILES string of the molecule is CCCNCCC1(N)C2CCC1Cc1cc(OCc3ccccc3)ccc1C2. The van der Waals surface area contributed by atoms with Crippen molar-refractivity contribution in [3.05, 3.63) is 65.2 Å². The maximum Gasteiger partial charge on any atom is 0.120 e. The van der Waals surface area contributed by atoms with Crippen molar-refractivity contribution in [3.63, 3.8) is 0 Å². The Morgan fingerprint density at radius 2 is 1.75 bits per heavy atom. The number of nitrogens with two attached hydrogens (primary N) is 1. The van der Waals surface area contributed by atoms with E-state index in [9.17, 15) is 0 Å². The molecular weight excluding hydrogens is 344 g/mol. The summed E-state index contributed by atoms with van der Waals surface area (Å²) in [6, 6.07) is 17.1. The molecule has 2 bridgehead atoms. The van der Waals surface area contributed by atoms with Crippen molar-refractivity contribution in [2.24, 2.45) is 17.6 Å². The van der Waals surface area contributed by atoms with E-state index >= 15 is 0 Å². The molecule has 3 heteroatoms. The molecule has 3 unspecified atom stereocenters. The topological polar surface area (TPSA) is 47.3 Å². The molecule has 0 aliphatic heterocycles. The lowest BCUT2D eigenvalue weighted by molar-refractivity contribution is 0.231. The summed E-state index contributed by atoms with van der Waals surface area (Å²) in [5.74, 6) is 2.18. The van der Waals surface area contributed by atoms with Gasteiger partial charge in [-0.05, 0) is 92.3 Å². The average Bonchev–Trinajstić information content (AvgIpc) is 2.94. The largest absolute Gasteiger partial charge is 0.489 e. The molecule has 0 radical (unpaired) electrons. The Morgan fingerprint density at radius 1 is 1.00 bits per heavy atom. The summed E-state index contributed by atoms with van der Waals surface area (Å²) in [6.07, 6.45) is 7.03. The molecule has 3 atom stereocenters. The summed E-state index contributed by atoms with van der Waals surface area (Å²) in [4.78, 5) is 0. The summed E-state index contributed by atoms with van der Waals surface area (Å²) in [5.41, 5.74) is 11.2. The van der Waals surface area contributed by atoms with Crippen LogP contribution >= 0.6 is 0 Å². The molecule has 2 aliphatic carbocycles. The second-order valence-corrected chi connectivity index (χ2v) is 8.70. The van der Waals surface area contributed by atoms with Gasteiger partial charge in [0.1, 0.15) is 12.4 Å². The fourth-order valence-electron chi connectivity index (χ4n) is 5.23. The monoisotopic (exact) mass is 378 g/mol. The molecule has 2 aromatic rings. The minimum absolute atomic E-state index is 0.0230. The van der Waals surface area contributed by atoms with Crippen molar-refractivity contribution in [1.82, 2.24) is 5.32 Å². The van der Waals surface area contributed by atoms with E-state index in [1.54, 1.807) is 0 Å². The van der Waals surface area contributed by atoms with Gasteiger partial charge in [0.05, 0.1) is 0 Å². The number of rotatable bonds is 8. The number of hydrogen-bond acceptors (Lipinski definition) is 3. The summed E-state index contributed by atoms with van der Waals surface area (Å²) >= 11 is 0. The lowest BCUT2D eigenvalue weighted by atomic mass is 9.77. The molecule has 0 heterocycles. The van der Waals surface area contributed by atoms with Crippen LogP contribution in [0.4, 0.5) is 0 Å². The van der Waals surface area contributed by atoms with Gasteiger partial charge in [-0.1, -0.05) is 43.3 Å². The molecule has 4 rings (SSSR count). The van der Waals surface area contributed by atoms with Crippen molar-refractivity contribution >= 4 is 0 Å². The predicted octanol–water partition coefficient (Wildman–Crippen LogP) is 4.48. The van der Waals surface area contributed by atoms with Crippen molar-refractivity contribution in [3.8, 4) is 5.75 Å². The van der Waals surface area contributed by atoms with Gasteiger partial charge >= 0.3 is 0 Å². The first-order valence-electron chi connectivity index (χ1n) is 11.0. The Morgan fingerprint density at radius 3 is 2.50 bits per heavy atom. The van der Waals surface area contributed by atoms with E-state index in [0.29, 0.717) is 18.4 Å². The number of hydrogen-bond donors (Lipinski definition) is 2. The van der Waals surface area contributed by atoms with Gasteiger partial charge < -0.3 is 15.8 Å². The van der Waals surface area contributed by atoms with Crippen LogP contribution in [0.15, 0.2) is 48.5 Å². The van der Waals surface area contributed by atoms with Gasteiger partial charge in [0.15, 0.2) is 0 Å². The molecule has 1 fully saturated rings. The second kappa shape index (κ2) is 8.67. The molecule has 0 aromatic heterocycles. The Balaban J connectivity index is 1.45. The fourth-order valence-corrected chi connectivity index (χ4v) is 5.23.